The smallest absolute Gasteiger partial charge is 0.293 e. The molecule has 1 aliphatic rings. The van der Waals surface area contributed by atoms with E-state index in [1.807, 2.05) is 55.5 Å². The molecule has 8 heteroatoms. The van der Waals surface area contributed by atoms with Crippen LogP contribution in [-0.4, -0.2) is 21.0 Å². The Labute approximate surface area is 205 Å². The molecule has 1 fully saturated rings. The van der Waals surface area contributed by atoms with E-state index in [-0.39, 0.29) is 28.3 Å². The monoisotopic (exact) mass is 484 g/mol. The Bertz CT molecular complexity index is 1550. The number of furan rings is 1. The van der Waals surface area contributed by atoms with Crippen molar-refractivity contribution < 1.29 is 18.9 Å². The molecule has 0 atom stereocenters. The number of carbonyl (C=O) groups is 2. The highest BCUT2D eigenvalue weighted by molar-refractivity contribution is 8.18. The van der Waals surface area contributed by atoms with E-state index in [2.05, 4.69) is 0 Å². The van der Waals surface area contributed by atoms with Crippen molar-refractivity contribution in [2.45, 2.75) is 20.4 Å². The summed E-state index contributed by atoms with van der Waals surface area (Å²) in [7, 11) is 0. The van der Waals surface area contributed by atoms with Gasteiger partial charge in [-0.1, -0.05) is 42.5 Å². The molecule has 0 spiro atoms. The molecule has 0 bridgehead atoms. The zero-order valence-electron chi connectivity index (χ0n) is 19.0. The SMILES string of the molecule is Cc1cc(-c2ccc(/C=C3\SC(=O)N(Cc4cccc5ccccc45)C3=O)o2)cc([N+](=O)[O-])c1C. The highest BCUT2D eigenvalue weighted by atomic mass is 32.2. The second kappa shape index (κ2) is 8.88. The summed E-state index contributed by atoms with van der Waals surface area (Å²) in [6, 6.07) is 20.3. The lowest BCUT2D eigenvalue weighted by Crippen LogP contribution is -2.27. The van der Waals surface area contributed by atoms with Crippen molar-refractivity contribution in [3.8, 4) is 11.3 Å². The predicted octanol–water partition coefficient (Wildman–Crippen LogP) is 6.86. The number of aryl methyl sites for hydroxylation is 1. The van der Waals surface area contributed by atoms with E-state index in [0.717, 1.165) is 33.7 Å². The van der Waals surface area contributed by atoms with Gasteiger partial charge >= 0.3 is 0 Å². The predicted molar refractivity (Wildman–Crippen MR) is 136 cm³/mol. The number of imide groups is 1. The fourth-order valence-electron chi connectivity index (χ4n) is 4.12. The van der Waals surface area contributed by atoms with Crippen LogP contribution in [0.15, 0.2) is 76.1 Å². The molecule has 0 N–H and O–H groups in total. The molecule has 1 aromatic heterocycles. The van der Waals surface area contributed by atoms with Gasteiger partial charge in [0.2, 0.25) is 0 Å². The fourth-order valence-corrected chi connectivity index (χ4v) is 4.94. The first-order valence-electron chi connectivity index (χ1n) is 10.9. The molecule has 1 saturated heterocycles. The first kappa shape index (κ1) is 22.6. The lowest BCUT2D eigenvalue weighted by atomic mass is 10.0. The molecule has 2 heterocycles. The number of benzene rings is 3. The quantitative estimate of drug-likeness (QED) is 0.174. The third kappa shape index (κ3) is 4.24. The van der Waals surface area contributed by atoms with Gasteiger partial charge in [-0.05, 0) is 65.7 Å². The Morgan fingerprint density at radius 1 is 1.03 bits per heavy atom. The maximum Gasteiger partial charge on any atom is 0.293 e. The van der Waals surface area contributed by atoms with Crippen molar-refractivity contribution in [1.29, 1.82) is 0 Å². The Balaban J connectivity index is 1.40. The number of hydrogen-bond donors (Lipinski definition) is 0. The molecular formula is C27H20N2O5S. The summed E-state index contributed by atoms with van der Waals surface area (Å²) in [6.07, 6.45) is 1.53. The van der Waals surface area contributed by atoms with Gasteiger partial charge in [-0.3, -0.25) is 24.6 Å². The van der Waals surface area contributed by atoms with Gasteiger partial charge < -0.3 is 4.42 Å². The van der Waals surface area contributed by atoms with Gasteiger partial charge in [-0.2, -0.15) is 0 Å². The third-order valence-corrected chi connectivity index (χ3v) is 7.01. The maximum absolute atomic E-state index is 13.0. The van der Waals surface area contributed by atoms with Crippen molar-refractivity contribution in [2.75, 3.05) is 0 Å². The second-order valence-corrected chi connectivity index (χ2v) is 9.30. The van der Waals surface area contributed by atoms with E-state index in [1.165, 1.54) is 17.0 Å². The normalized spacial score (nSPS) is 14.9. The molecular weight excluding hydrogens is 464 g/mol. The van der Waals surface area contributed by atoms with E-state index in [0.29, 0.717) is 22.6 Å². The number of fused-ring (bicyclic) bond motifs is 1. The molecule has 5 rings (SSSR count). The number of nitro groups is 1. The molecule has 3 aromatic carbocycles. The Kier molecular flexibility index (Phi) is 5.74. The summed E-state index contributed by atoms with van der Waals surface area (Å²) >= 11 is 0.866. The summed E-state index contributed by atoms with van der Waals surface area (Å²) in [5.74, 6) is 0.446. The summed E-state index contributed by atoms with van der Waals surface area (Å²) in [4.78, 5) is 38.2. The molecule has 4 aromatic rings. The van der Waals surface area contributed by atoms with Crippen LogP contribution in [0.1, 0.15) is 22.5 Å². The third-order valence-electron chi connectivity index (χ3n) is 6.10. The molecule has 0 unspecified atom stereocenters. The van der Waals surface area contributed by atoms with Gasteiger partial charge in [-0.15, -0.1) is 0 Å². The van der Waals surface area contributed by atoms with Crippen molar-refractivity contribution in [1.82, 2.24) is 4.90 Å². The highest BCUT2D eigenvalue weighted by Crippen LogP contribution is 2.36. The Morgan fingerprint density at radius 2 is 1.80 bits per heavy atom. The van der Waals surface area contributed by atoms with Crippen LogP contribution in [0.2, 0.25) is 0 Å². The van der Waals surface area contributed by atoms with Gasteiger partial charge in [0.15, 0.2) is 0 Å². The van der Waals surface area contributed by atoms with Gasteiger partial charge in [0, 0.05) is 23.3 Å². The minimum atomic E-state index is -0.415. The van der Waals surface area contributed by atoms with Crippen molar-refractivity contribution in [2.24, 2.45) is 0 Å². The topological polar surface area (TPSA) is 93.7 Å². The number of rotatable bonds is 5. The van der Waals surface area contributed by atoms with Gasteiger partial charge in [0.1, 0.15) is 11.5 Å². The minimum absolute atomic E-state index is 0.0208. The Morgan fingerprint density at radius 3 is 2.60 bits per heavy atom. The number of hydrogen-bond acceptors (Lipinski definition) is 6. The number of nitrogens with zero attached hydrogens (tertiary/aromatic N) is 2. The van der Waals surface area contributed by atoms with E-state index in [4.69, 9.17) is 4.42 Å². The van der Waals surface area contributed by atoms with Crippen molar-refractivity contribution in [3.05, 3.63) is 104 Å². The number of thioether (sulfide) groups is 1. The molecule has 0 radical (unpaired) electrons. The largest absolute Gasteiger partial charge is 0.457 e. The van der Waals surface area contributed by atoms with Crippen molar-refractivity contribution >= 4 is 45.4 Å². The standard InChI is InChI=1S/C27H20N2O5S/c1-16-12-20(13-23(17(16)2)29(32)33)24-11-10-21(34-24)14-25-26(30)28(27(31)35-25)15-19-8-5-7-18-6-3-4-9-22(18)19/h3-14H,15H2,1-2H3/b25-14-. The van der Waals surface area contributed by atoms with Crippen LogP contribution in [0.5, 0.6) is 0 Å². The lowest BCUT2D eigenvalue weighted by Gasteiger charge is -2.14. The first-order valence-corrected chi connectivity index (χ1v) is 11.7. The Hall–Kier alpha value is -4.17. The molecule has 174 valence electrons. The van der Waals surface area contributed by atoms with E-state index < -0.39 is 4.92 Å². The summed E-state index contributed by atoms with van der Waals surface area (Å²) < 4.78 is 5.86. The molecule has 35 heavy (non-hydrogen) atoms. The van der Waals surface area contributed by atoms with Crippen LogP contribution in [0.3, 0.4) is 0 Å². The number of amides is 2. The number of carbonyl (C=O) groups excluding carboxylic acids is 2. The lowest BCUT2D eigenvalue weighted by molar-refractivity contribution is -0.385. The zero-order chi connectivity index (χ0) is 24.7. The van der Waals surface area contributed by atoms with Crippen LogP contribution in [-0.2, 0) is 11.3 Å². The molecule has 7 nitrogen and oxygen atoms in total. The van der Waals surface area contributed by atoms with E-state index in [9.17, 15) is 19.7 Å². The van der Waals surface area contributed by atoms with Crippen molar-refractivity contribution in [3.63, 3.8) is 0 Å². The van der Waals surface area contributed by atoms with E-state index >= 15 is 0 Å². The molecule has 0 saturated carbocycles. The van der Waals surface area contributed by atoms with Crippen LogP contribution >= 0.6 is 11.8 Å². The van der Waals surface area contributed by atoms with Crippen LogP contribution in [0.4, 0.5) is 10.5 Å². The number of nitro benzene ring substituents is 1. The van der Waals surface area contributed by atoms with Gasteiger partial charge in [0.05, 0.1) is 16.4 Å². The minimum Gasteiger partial charge on any atom is -0.457 e. The molecule has 0 aliphatic carbocycles. The summed E-state index contributed by atoms with van der Waals surface area (Å²) in [5, 5.41) is 13.1. The maximum atomic E-state index is 13.0. The molecule has 1 aliphatic heterocycles. The summed E-state index contributed by atoms with van der Waals surface area (Å²) in [6.45, 7) is 3.69. The average molecular weight is 485 g/mol. The van der Waals surface area contributed by atoms with Crippen LogP contribution < -0.4 is 0 Å². The van der Waals surface area contributed by atoms with Gasteiger partial charge in [-0.25, -0.2) is 0 Å². The van der Waals surface area contributed by atoms with Crippen LogP contribution in [0.25, 0.3) is 28.2 Å². The fraction of sp³-hybridized carbons (Fsp3) is 0.111. The van der Waals surface area contributed by atoms with Crippen LogP contribution in [0, 0.1) is 24.0 Å². The van der Waals surface area contributed by atoms with E-state index in [1.54, 1.807) is 19.1 Å². The van der Waals surface area contributed by atoms with Gasteiger partial charge in [0.25, 0.3) is 16.8 Å². The zero-order valence-corrected chi connectivity index (χ0v) is 19.8. The average Bonchev–Trinajstić information content (AvgIpc) is 3.41. The molecule has 2 amide bonds. The first-order chi connectivity index (χ1) is 16.8. The highest BCUT2D eigenvalue weighted by Gasteiger charge is 2.35. The second-order valence-electron chi connectivity index (χ2n) is 8.30. The summed E-state index contributed by atoms with van der Waals surface area (Å²) in [5.41, 5.74) is 2.87.